The molecule has 21 heavy (non-hydrogen) atoms. The highest BCUT2D eigenvalue weighted by Crippen LogP contribution is 2.20. The van der Waals surface area contributed by atoms with Crippen molar-refractivity contribution in [2.45, 2.75) is 19.4 Å². The maximum Gasteiger partial charge on any atom is 0.228 e. The first kappa shape index (κ1) is 22.7. The fourth-order valence-corrected chi connectivity index (χ4v) is 2.14. The van der Waals surface area contributed by atoms with Crippen molar-refractivity contribution in [3.8, 4) is 0 Å². The summed E-state index contributed by atoms with van der Waals surface area (Å²) in [6.07, 6.45) is 0.327. The molecule has 1 heterocycles. The van der Waals surface area contributed by atoms with E-state index < -0.39 is 0 Å². The van der Waals surface area contributed by atoms with E-state index in [2.05, 4.69) is 0 Å². The lowest BCUT2D eigenvalue weighted by Gasteiger charge is -2.26. The predicted octanol–water partition coefficient (Wildman–Crippen LogP) is 0.0457. The van der Waals surface area contributed by atoms with Crippen molar-refractivity contribution in [1.82, 2.24) is 14.7 Å². The average molecular weight is 343 g/mol. The van der Waals surface area contributed by atoms with E-state index in [0.29, 0.717) is 26.1 Å². The summed E-state index contributed by atoms with van der Waals surface area (Å²) in [6, 6.07) is 0.0124. The normalized spacial score (nSPS) is 19.0. The number of likely N-dealkylation sites (N-methyl/N-ethyl adjacent to an activating group) is 2. The minimum atomic E-state index is -0.214. The standard InChI is InChI=1S/C13H26N4O2.2ClH/c1-10(8-14)16(4)13(19)11-7-12(18)17(9-11)6-5-15(2)3;;/h10-11H,5-9,14H2,1-4H3;2*1H. The number of hydrogen-bond acceptors (Lipinski definition) is 4. The second-order valence-corrected chi connectivity index (χ2v) is 5.58. The van der Waals surface area contributed by atoms with Crippen LogP contribution in [0.3, 0.4) is 0 Å². The van der Waals surface area contributed by atoms with E-state index in [1.807, 2.05) is 25.9 Å². The summed E-state index contributed by atoms with van der Waals surface area (Å²) in [5.74, 6) is -0.110. The van der Waals surface area contributed by atoms with Crippen molar-refractivity contribution in [2.75, 3.05) is 47.3 Å². The van der Waals surface area contributed by atoms with Gasteiger partial charge in [-0.3, -0.25) is 9.59 Å². The average Bonchev–Trinajstić information content (AvgIpc) is 2.75. The molecule has 2 unspecified atom stereocenters. The van der Waals surface area contributed by atoms with Crippen molar-refractivity contribution < 1.29 is 9.59 Å². The van der Waals surface area contributed by atoms with Crippen LogP contribution in [-0.4, -0.2) is 79.9 Å². The molecule has 0 aromatic carbocycles. The first-order valence-electron chi connectivity index (χ1n) is 6.76. The summed E-state index contributed by atoms with van der Waals surface area (Å²) in [6.45, 7) is 4.40. The Morgan fingerprint density at radius 3 is 2.43 bits per heavy atom. The molecule has 0 radical (unpaired) electrons. The zero-order valence-electron chi connectivity index (χ0n) is 13.2. The molecule has 2 N–H and O–H groups in total. The highest BCUT2D eigenvalue weighted by atomic mass is 35.5. The Hall–Kier alpha value is -0.560. The molecular weight excluding hydrogens is 315 g/mol. The van der Waals surface area contributed by atoms with Crippen LogP contribution in [0.2, 0.25) is 0 Å². The Morgan fingerprint density at radius 2 is 1.95 bits per heavy atom. The summed E-state index contributed by atoms with van der Waals surface area (Å²) < 4.78 is 0. The van der Waals surface area contributed by atoms with Crippen molar-refractivity contribution in [2.24, 2.45) is 11.7 Å². The summed E-state index contributed by atoms with van der Waals surface area (Å²) in [7, 11) is 5.70. The molecule has 0 bridgehead atoms. The lowest BCUT2D eigenvalue weighted by atomic mass is 10.1. The molecule has 0 saturated carbocycles. The Morgan fingerprint density at radius 1 is 1.38 bits per heavy atom. The van der Waals surface area contributed by atoms with E-state index in [9.17, 15) is 9.59 Å². The van der Waals surface area contributed by atoms with Crippen molar-refractivity contribution in [3.63, 3.8) is 0 Å². The third-order valence-corrected chi connectivity index (χ3v) is 3.73. The minimum absolute atomic E-state index is 0. The van der Waals surface area contributed by atoms with Gasteiger partial charge in [-0.25, -0.2) is 0 Å². The Kier molecular flexibility index (Phi) is 11.0. The van der Waals surface area contributed by atoms with Crippen LogP contribution >= 0.6 is 24.8 Å². The van der Waals surface area contributed by atoms with E-state index in [1.165, 1.54) is 0 Å². The third kappa shape index (κ3) is 6.38. The lowest BCUT2D eigenvalue weighted by Crippen LogP contribution is -2.43. The van der Waals surface area contributed by atoms with Crippen LogP contribution in [-0.2, 0) is 9.59 Å². The lowest BCUT2D eigenvalue weighted by molar-refractivity contribution is -0.136. The van der Waals surface area contributed by atoms with Crippen LogP contribution < -0.4 is 5.73 Å². The first-order chi connectivity index (χ1) is 8.86. The van der Waals surface area contributed by atoms with Crippen molar-refractivity contribution in [1.29, 1.82) is 0 Å². The van der Waals surface area contributed by atoms with Gasteiger partial charge in [0.1, 0.15) is 0 Å². The number of carbonyl (C=O) groups excluding carboxylic acids is 2. The van der Waals surface area contributed by atoms with Gasteiger partial charge in [-0.1, -0.05) is 0 Å². The molecule has 2 amide bonds. The molecule has 1 fully saturated rings. The molecule has 2 atom stereocenters. The number of hydrogen-bond donors (Lipinski definition) is 1. The van der Waals surface area contributed by atoms with Gasteiger partial charge in [0, 0.05) is 45.7 Å². The zero-order chi connectivity index (χ0) is 14.6. The number of halogens is 2. The Labute approximate surface area is 139 Å². The summed E-state index contributed by atoms with van der Waals surface area (Å²) >= 11 is 0. The van der Waals surface area contributed by atoms with Gasteiger partial charge in [0.25, 0.3) is 0 Å². The van der Waals surface area contributed by atoms with E-state index in [0.717, 1.165) is 6.54 Å². The number of nitrogens with zero attached hydrogens (tertiary/aromatic N) is 3. The smallest absolute Gasteiger partial charge is 0.228 e. The molecule has 0 aromatic heterocycles. The van der Waals surface area contributed by atoms with Gasteiger partial charge in [0.05, 0.1) is 5.92 Å². The third-order valence-electron chi connectivity index (χ3n) is 3.73. The van der Waals surface area contributed by atoms with E-state index >= 15 is 0 Å². The SMILES string of the molecule is CC(CN)N(C)C(=O)C1CC(=O)N(CCN(C)C)C1.Cl.Cl. The summed E-state index contributed by atoms with van der Waals surface area (Å²) in [5.41, 5.74) is 5.57. The fraction of sp³-hybridized carbons (Fsp3) is 0.846. The van der Waals surface area contributed by atoms with Gasteiger partial charge >= 0.3 is 0 Å². The zero-order valence-corrected chi connectivity index (χ0v) is 14.9. The molecule has 1 aliphatic rings. The van der Waals surface area contributed by atoms with Gasteiger partial charge in [-0.15, -0.1) is 24.8 Å². The van der Waals surface area contributed by atoms with Crippen LogP contribution in [0, 0.1) is 5.92 Å². The van der Waals surface area contributed by atoms with Crippen molar-refractivity contribution >= 4 is 36.6 Å². The molecule has 0 spiro atoms. The van der Waals surface area contributed by atoms with Gasteiger partial charge in [-0.05, 0) is 21.0 Å². The topological polar surface area (TPSA) is 69.9 Å². The second kappa shape index (κ2) is 10.2. The van der Waals surface area contributed by atoms with Crippen LogP contribution in [0.5, 0.6) is 0 Å². The van der Waals surface area contributed by atoms with E-state index in [-0.39, 0.29) is 48.6 Å². The number of amides is 2. The number of carbonyl (C=O) groups is 2. The second-order valence-electron chi connectivity index (χ2n) is 5.58. The van der Waals surface area contributed by atoms with Crippen LogP contribution in [0.4, 0.5) is 0 Å². The monoisotopic (exact) mass is 342 g/mol. The molecule has 1 rings (SSSR count). The Bertz CT molecular complexity index is 342. The van der Waals surface area contributed by atoms with Crippen molar-refractivity contribution in [3.05, 3.63) is 0 Å². The van der Waals surface area contributed by atoms with Gasteiger partial charge in [0.15, 0.2) is 0 Å². The fourth-order valence-electron chi connectivity index (χ4n) is 2.14. The summed E-state index contributed by atoms with van der Waals surface area (Å²) in [5, 5.41) is 0. The highest BCUT2D eigenvalue weighted by molar-refractivity contribution is 5.89. The first-order valence-corrected chi connectivity index (χ1v) is 6.76. The molecule has 1 aliphatic heterocycles. The maximum absolute atomic E-state index is 12.3. The van der Waals surface area contributed by atoms with Crippen LogP contribution in [0.1, 0.15) is 13.3 Å². The number of rotatable bonds is 6. The largest absolute Gasteiger partial charge is 0.341 e. The van der Waals surface area contributed by atoms with E-state index in [4.69, 9.17) is 5.73 Å². The summed E-state index contributed by atoms with van der Waals surface area (Å²) in [4.78, 5) is 29.6. The van der Waals surface area contributed by atoms with Gasteiger partial charge in [0.2, 0.25) is 11.8 Å². The molecular formula is C13H28Cl2N4O2. The van der Waals surface area contributed by atoms with Gasteiger partial charge < -0.3 is 20.4 Å². The number of nitrogens with two attached hydrogens (primary N) is 1. The molecule has 0 aromatic rings. The molecule has 1 saturated heterocycles. The molecule has 6 nitrogen and oxygen atoms in total. The predicted molar refractivity (Wildman–Crippen MR) is 89.0 cm³/mol. The molecule has 8 heteroatoms. The molecule has 0 aliphatic carbocycles. The Balaban J connectivity index is 0. The number of likely N-dealkylation sites (tertiary alicyclic amines) is 1. The van der Waals surface area contributed by atoms with Crippen LogP contribution in [0.25, 0.3) is 0 Å². The minimum Gasteiger partial charge on any atom is -0.341 e. The van der Waals surface area contributed by atoms with Gasteiger partial charge in [-0.2, -0.15) is 0 Å². The quantitative estimate of drug-likeness (QED) is 0.740. The highest BCUT2D eigenvalue weighted by Gasteiger charge is 2.36. The maximum atomic E-state index is 12.3. The van der Waals surface area contributed by atoms with E-state index in [1.54, 1.807) is 16.8 Å². The van der Waals surface area contributed by atoms with Crippen LogP contribution in [0.15, 0.2) is 0 Å². The molecule has 126 valence electrons.